The van der Waals surface area contributed by atoms with Crippen molar-refractivity contribution >= 4 is 29.8 Å². The molecule has 1 aliphatic rings. The smallest absolute Gasteiger partial charge is 0.238 e. The summed E-state index contributed by atoms with van der Waals surface area (Å²) in [7, 11) is 1.98. The fourth-order valence-electron chi connectivity index (χ4n) is 2.93. The van der Waals surface area contributed by atoms with Gasteiger partial charge in [-0.25, -0.2) is 0 Å². The predicted octanol–water partition coefficient (Wildman–Crippen LogP) is 2.18. The summed E-state index contributed by atoms with van der Waals surface area (Å²) in [5.74, 6) is 0.618. The van der Waals surface area contributed by atoms with Gasteiger partial charge in [-0.2, -0.15) is 0 Å². The van der Waals surface area contributed by atoms with Crippen molar-refractivity contribution in [1.82, 2.24) is 10.2 Å². The van der Waals surface area contributed by atoms with Crippen LogP contribution in [0.5, 0.6) is 0 Å². The molecule has 0 atom stereocenters. The molecule has 0 radical (unpaired) electrons. The van der Waals surface area contributed by atoms with Gasteiger partial charge in [-0.05, 0) is 64.5 Å². The summed E-state index contributed by atoms with van der Waals surface area (Å²) in [5.41, 5.74) is 1.16. The van der Waals surface area contributed by atoms with Crippen LogP contribution >= 0.6 is 12.4 Å². The Labute approximate surface area is 144 Å². The number of likely N-dealkylation sites (tertiary alicyclic amines) is 1. The van der Waals surface area contributed by atoms with Gasteiger partial charge in [-0.3, -0.25) is 14.5 Å². The van der Waals surface area contributed by atoms with Crippen molar-refractivity contribution in [3.8, 4) is 0 Å². The zero-order valence-corrected chi connectivity index (χ0v) is 14.6. The minimum atomic E-state index is -0.0548. The molecule has 1 aromatic rings. The first-order valence-corrected chi connectivity index (χ1v) is 7.87. The van der Waals surface area contributed by atoms with Crippen LogP contribution in [0.4, 0.5) is 5.69 Å². The molecule has 1 fully saturated rings. The molecule has 23 heavy (non-hydrogen) atoms. The Morgan fingerprint density at radius 3 is 2.48 bits per heavy atom. The highest BCUT2D eigenvalue weighted by Crippen LogP contribution is 2.18. The highest BCUT2D eigenvalue weighted by molar-refractivity contribution is 6.04. The molecule has 0 saturated carbocycles. The number of rotatable bonds is 6. The second-order valence-corrected chi connectivity index (χ2v) is 5.93. The third-order valence-corrected chi connectivity index (χ3v) is 4.15. The van der Waals surface area contributed by atoms with Gasteiger partial charge < -0.3 is 10.6 Å². The fourth-order valence-corrected chi connectivity index (χ4v) is 2.93. The normalized spacial score (nSPS) is 15.7. The number of anilines is 1. The maximum absolute atomic E-state index is 12.2. The summed E-state index contributed by atoms with van der Waals surface area (Å²) in [6.45, 7) is 4.85. The van der Waals surface area contributed by atoms with E-state index in [0.717, 1.165) is 32.5 Å². The number of para-hydroxylation sites is 1. The van der Waals surface area contributed by atoms with Gasteiger partial charge in [0, 0.05) is 5.56 Å². The zero-order chi connectivity index (χ0) is 15.9. The zero-order valence-electron chi connectivity index (χ0n) is 13.8. The number of benzene rings is 1. The minimum Gasteiger partial charge on any atom is -0.324 e. The third-order valence-electron chi connectivity index (χ3n) is 4.15. The van der Waals surface area contributed by atoms with Gasteiger partial charge >= 0.3 is 0 Å². The number of piperidine rings is 1. The van der Waals surface area contributed by atoms with Gasteiger partial charge in [0.1, 0.15) is 0 Å². The summed E-state index contributed by atoms with van der Waals surface area (Å²) >= 11 is 0. The van der Waals surface area contributed by atoms with Gasteiger partial charge in [-0.15, -0.1) is 12.4 Å². The number of amides is 1. The van der Waals surface area contributed by atoms with Crippen LogP contribution in [0.25, 0.3) is 0 Å². The van der Waals surface area contributed by atoms with Crippen LogP contribution in [0.15, 0.2) is 24.3 Å². The van der Waals surface area contributed by atoms with Crippen molar-refractivity contribution < 1.29 is 9.59 Å². The van der Waals surface area contributed by atoms with E-state index in [0.29, 0.717) is 23.7 Å². The maximum atomic E-state index is 12.2. The molecule has 5 nitrogen and oxygen atoms in total. The van der Waals surface area contributed by atoms with Gasteiger partial charge in [0.25, 0.3) is 0 Å². The van der Waals surface area contributed by atoms with Crippen molar-refractivity contribution in [2.24, 2.45) is 5.92 Å². The summed E-state index contributed by atoms with van der Waals surface area (Å²) < 4.78 is 0. The molecule has 0 spiro atoms. The van der Waals surface area contributed by atoms with E-state index in [1.54, 1.807) is 18.2 Å². The summed E-state index contributed by atoms with van der Waals surface area (Å²) in [4.78, 5) is 25.9. The monoisotopic (exact) mass is 339 g/mol. The van der Waals surface area contributed by atoms with Crippen LogP contribution < -0.4 is 10.6 Å². The molecule has 1 aromatic carbocycles. The number of nitrogens with one attached hydrogen (secondary N) is 2. The van der Waals surface area contributed by atoms with Gasteiger partial charge in [0.05, 0.1) is 12.2 Å². The van der Waals surface area contributed by atoms with Gasteiger partial charge in [0.2, 0.25) is 5.91 Å². The second-order valence-electron chi connectivity index (χ2n) is 5.93. The molecular weight excluding hydrogens is 314 g/mol. The van der Waals surface area contributed by atoms with E-state index in [9.17, 15) is 9.59 Å². The van der Waals surface area contributed by atoms with Crippen molar-refractivity contribution in [1.29, 1.82) is 0 Å². The van der Waals surface area contributed by atoms with Crippen LogP contribution in [0.1, 0.15) is 30.1 Å². The fraction of sp³-hybridized carbons (Fsp3) is 0.529. The Balaban J connectivity index is 0.00000264. The first-order valence-electron chi connectivity index (χ1n) is 7.87. The Morgan fingerprint density at radius 1 is 1.22 bits per heavy atom. The number of hydrogen-bond acceptors (Lipinski definition) is 4. The lowest BCUT2D eigenvalue weighted by molar-refractivity contribution is -0.117. The molecular formula is C17H26ClN3O2. The van der Waals surface area contributed by atoms with Crippen molar-refractivity contribution in [3.63, 3.8) is 0 Å². The van der Waals surface area contributed by atoms with Crippen molar-refractivity contribution in [2.75, 3.05) is 38.5 Å². The number of halogens is 1. The predicted molar refractivity (Wildman–Crippen MR) is 95.4 cm³/mol. The van der Waals surface area contributed by atoms with Crippen molar-refractivity contribution in [2.45, 2.75) is 19.8 Å². The van der Waals surface area contributed by atoms with E-state index in [1.165, 1.54) is 6.92 Å². The maximum Gasteiger partial charge on any atom is 0.238 e. The number of hydrogen-bond donors (Lipinski definition) is 2. The molecule has 1 aliphatic heterocycles. The number of Topliss-reactive ketones (excluding diaryl/α,β-unsaturated/α-hetero) is 1. The van der Waals surface area contributed by atoms with Gasteiger partial charge in [-0.1, -0.05) is 12.1 Å². The van der Waals surface area contributed by atoms with E-state index in [2.05, 4.69) is 15.5 Å². The lowest BCUT2D eigenvalue weighted by Crippen LogP contribution is -2.41. The third kappa shape index (κ3) is 5.94. The standard InChI is InChI=1S/C17H25N3O2.ClH/c1-13(21)15-5-3-4-6-16(15)19-17(22)12-20-9-7-14(8-10-20)11-18-2;/h3-6,14,18H,7-12H2,1-2H3,(H,19,22);1H. The molecule has 0 aliphatic carbocycles. The van der Waals surface area contributed by atoms with E-state index < -0.39 is 0 Å². The summed E-state index contributed by atoms with van der Waals surface area (Å²) in [6.07, 6.45) is 2.25. The highest BCUT2D eigenvalue weighted by Gasteiger charge is 2.20. The molecule has 1 saturated heterocycles. The summed E-state index contributed by atoms with van der Waals surface area (Å²) in [6, 6.07) is 7.14. The van der Waals surface area contributed by atoms with Crippen LogP contribution in [0.3, 0.4) is 0 Å². The number of nitrogens with zero attached hydrogens (tertiary/aromatic N) is 1. The molecule has 1 amide bonds. The second kappa shape index (κ2) is 9.65. The average molecular weight is 340 g/mol. The van der Waals surface area contributed by atoms with Crippen LogP contribution in [0, 0.1) is 5.92 Å². The van der Waals surface area contributed by atoms with Gasteiger partial charge in [0.15, 0.2) is 5.78 Å². The Kier molecular flexibility index (Phi) is 8.23. The number of carbonyl (C=O) groups is 2. The number of carbonyl (C=O) groups excluding carboxylic acids is 2. The molecule has 128 valence electrons. The van der Waals surface area contributed by atoms with E-state index >= 15 is 0 Å². The first-order chi connectivity index (χ1) is 10.6. The Hall–Kier alpha value is -1.43. The quantitative estimate of drug-likeness (QED) is 0.780. The largest absolute Gasteiger partial charge is 0.324 e. The van der Waals surface area contributed by atoms with E-state index in [4.69, 9.17) is 0 Å². The molecule has 0 aromatic heterocycles. The lowest BCUT2D eigenvalue weighted by Gasteiger charge is -2.31. The molecule has 2 rings (SSSR count). The first kappa shape index (κ1) is 19.6. The van der Waals surface area contributed by atoms with Crippen LogP contribution in [-0.2, 0) is 4.79 Å². The number of ketones is 1. The minimum absolute atomic E-state index is 0. The molecule has 1 heterocycles. The Morgan fingerprint density at radius 2 is 1.87 bits per heavy atom. The van der Waals surface area contributed by atoms with Crippen molar-refractivity contribution in [3.05, 3.63) is 29.8 Å². The van der Waals surface area contributed by atoms with E-state index in [-0.39, 0.29) is 24.1 Å². The van der Waals surface area contributed by atoms with Crippen LogP contribution in [-0.4, -0.2) is 49.8 Å². The van der Waals surface area contributed by atoms with E-state index in [1.807, 2.05) is 13.1 Å². The average Bonchev–Trinajstić information content (AvgIpc) is 2.50. The summed E-state index contributed by atoms with van der Waals surface area (Å²) in [5, 5.41) is 6.07. The Bertz CT molecular complexity index is 528. The lowest BCUT2D eigenvalue weighted by atomic mass is 9.97. The van der Waals surface area contributed by atoms with Crippen LogP contribution in [0.2, 0.25) is 0 Å². The molecule has 2 N–H and O–H groups in total. The molecule has 0 unspecified atom stereocenters. The topological polar surface area (TPSA) is 61.4 Å². The SMILES string of the molecule is CNCC1CCN(CC(=O)Nc2ccccc2C(C)=O)CC1.Cl. The highest BCUT2D eigenvalue weighted by atomic mass is 35.5. The molecule has 0 bridgehead atoms. The molecule has 6 heteroatoms.